The molecule has 0 radical (unpaired) electrons. The summed E-state index contributed by atoms with van der Waals surface area (Å²) in [6, 6.07) is -0.166. The minimum atomic E-state index is -0.965. The van der Waals surface area contributed by atoms with Gasteiger partial charge in [0.15, 0.2) is 17.0 Å². The topological polar surface area (TPSA) is 138 Å². The third-order valence-electron chi connectivity index (χ3n) is 7.52. The Bertz CT molecular complexity index is 1140. The molecule has 5 atom stereocenters. The summed E-state index contributed by atoms with van der Waals surface area (Å²) in [5.41, 5.74) is 2.42. The lowest BCUT2D eigenvalue weighted by atomic mass is 10.2. The van der Waals surface area contributed by atoms with Gasteiger partial charge in [0.1, 0.15) is 12.2 Å². The number of nitrogens with one attached hydrogen (secondary N) is 3. The van der Waals surface area contributed by atoms with Crippen molar-refractivity contribution in [1.29, 1.82) is 0 Å². The molecule has 11 nitrogen and oxygen atoms in total. The molecular weight excluding hydrogens is 446 g/mol. The Balaban J connectivity index is 1.50. The maximum atomic E-state index is 11.1. The van der Waals surface area contributed by atoms with E-state index in [1.54, 1.807) is 11.0 Å². The molecule has 190 valence electrons. The highest BCUT2D eigenvalue weighted by Crippen LogP contribution is 2.40. The second-order valence-electron chi connectivity index (χ2n) is 9.75. The highest BCUT2D eigenvalue weighted by molar-refractivity contribution is 5.84. The molecular formula is C24H37N9O2. The number of hydrogen-bond acceptors (Lipinski definition) is 9. The van der Waals surface area contributed by atoms with Crippen molar-refractivity contribution in [1.82, 2.24) is 34.6 Å². The van der Waals surface area contributed by atoms with Gasteiger partial charge in [0.05, 0.1) is 24.6 Å². The Morgan fingerprint density at radius 1 is 1.14 bits per heavy atom. The summed E-state index contributed by atoms with van der Waals surface area (Å²) in [6.07, 6.45) is 7.92. The van der Waals surface area contributed by atoms with Crippen LogP contribution in [0.2, 0.25) is 0 Å². The Hall–Kier alpha value is -2.76. The average molecular weight is 484 g/mol. The SMILES string of the molecule is CCc1cnn([C@H]2C[C@@H](n3cnc4c(NC(CC)CC)nc(NC5CCNC5)nc43)[C@H](O)[C@@H]2O)c1. The number of aryl methyl sites for hydroxylation is 1. The van der Waals surface area contributed by atoms with Crippen LogP contribution in [-0.2, 0) is 6.42 Å². The Morgan fingerprint density at radius 3 is 2.63 bits per heavy atom. The van der Waals surface area contributed by atoms with Gasteiger partial charge in [0.2, 0.25) is 5.95 Å². The predicted octanol–water partition coefficient (Wildman–Crippen LogP) is 1.87. The lowest BCUT2D eigenvalue weighted by Crippen LogP contribution is -2.30. The normalized spacial score (nSPS) is 26.7. The van der Waals surface area contributed by atoms with E-state index >= 15 is 0 Å². The fraction of sp³-hybridized carbons (Fsp3) is 0.667. The van der Waals surface area contributed by atoms with Crippen LogP contribution in [-0.4, -0.2) is 76.9 Å². The number of rotatable bonds is 9. The zero-order valence-corrected chi connectivity index (χ0v) is 20.7. The Morgan fingerprint density at radius 2 is 1.94 bits per heavy atom. The Kier molecular flexibility index (Phi) is 6.90. The van der Waals surface area contributed by atoms with Crippen LogP contribution in [0.4, 0.5) is 11.8 Å². The van der Waals surface area contributed by atoms with Crippen molar-refractivity contribution < 1.29 is 10.2 Å². The summed E-state index contributed by atoms with van der Waals surface area (Å²) >= 11 is 0. The molecule has 1 unspecified atom stereocenters. The Labute approximate surface area is 205 Å². The third-order valence-corrected chi connectivity index (χ3v) is 7.52. The van der Waals surface area contributed by atoms with Crippen molar-refractivity contribution in [3.05, 3.63) is 24.3 Å². The van der Waals surface area contributed by atoms with Gasteiger partial charge in [-0.3, -0.25) is 4.68 Å². The molecule has 0 aromatic carbocycles. The standard InChI is InChI=1S/C24H37N9O2/c1-4-14-10-27-33(12-14)18-9-17(20(34)21(18)35)32-13-26-19-22(28-15(5-2)6-3)30-24(31-23(19)32)29-16-7-8-25-11-16/h10,12-13,15-18,20-21,25,34-35H,4-9,11H2,1-3H3,(H2,28,29,30,31)/t16?,17-,18+,20+,21-/m1/s1. The van der Waals surface area contributed by atoms with Crippen molar-refractivity contribution >= 4 is 22.9 Å². The molecule has 0 spiro atoms. The summed E-state index contributed by atoms with van der Waals surface area (Å²) in [4.78, 5) is 14.3. The maximum absolute atomic E-state index is 11.1. The number of anilines is 2. The van der Waals surface area contributed by atoms with Crippen LogP contribution >= 0.6 is 0 Å². The summed E-state index contributed by atoms with van der Waals surface area (Å²) in [6.45, 7) is 8.21. The number of nitrogens with zero attached hydrogens (tertiary/aromatic N) is 6. The first kappa shape index (κ1) is 24.0. The van der Waals surface area contributed by atoms with E-state index in [2.05, 4.69) is 46.8 Å². The summed E-state index contributed by atoms with van der Waals surface area (Å²) in [5.74, 6) is 1.24. The number of hydrogen-bond donors (Lipinski definition) is 5. The van der Waals surface area contributed by atoms with E-state index in [1.807, 2.05) is 17.0 Å². The summed E-state index contributed by atoms with van der Waals surface area (Å²) in [7, 11) is 0. The van der Waals surface area contributed by atoms with Gasteiger partial charge in [0, 0.05) is 24.8 Å². The fourth-order valence-electron chi connectivity index (χ4n) is 5.24. The fourth-order valence-corrected chi connectivity index (χ4v) is 5.24. The van der Waals surface area contributed by atoms with Crippen LogP contribution in [0.1, 0.15) is 64.1 Å². The zero-order chi connectivity index (χ0) is 24.5. The van der Waals surface area contributed by atoms with Gasteiger partial charge in [0.25, 0.3) is 0 Å². The van der Waals surface area contributed by atoms with Crippen LogP contribution < -0.4 is 16.0 Å². The number of aliphatic hydroxyl groups excluding tert-OH is 2. The first-order valence-corrected chi connectivity index (χ1v) is 12.9. The average Bonchev–Trinajstić information content (AvgIpc) is 3.66. The van der Waals surface area contributed by atoms with Crippen molar-refractivity contribution in [2.75, 3.05) is 23.7 Å². The predicted molar refractivity (Wildman–Crippen MR) is 135 cm³/mol. The molecule has 1 saturated carbocycles. The molecule has 1 saturated heterocycles. The van der Waals surface area contributed by atoms with Gasteiger partial charge in [-0.2, -0.15) is 15.1 Å². The molecule has 5 N–H and O–H groups in total. The van der Waals surface area contributed by atoms with E-state index in [4.69, 9.17) is 9.97 Å². The smallest absolute Gasteiger partial charge is 0.227 e. The van der Waals surface area contributed by atoms with E-state index in [9.17, 15) is 10.2 Å². The number of fused-ring (bicyclic) bond motifs is 1. The van der Waals surface area contributed by atoms with Crippen molar-refractivity contribution in [2.45, 2.75) is 89.3 Å². The van der Waals surface area contributed by atoms with Gasteiger partial charge in [-0.1, -0.05) is 20.8 Å². The van der Waals surface area contributed by atoms with Crippen LogP contribution in [0, 0.1) is 0 Å². The first-order valence-electron chi connectivity index (χ1n) is 12.9. The second-order valence-corrected chi connectivity index (χ2v) is 9.75. The molecule has 4 heterocycles. The molecule has 3 aromatic heterocycles. The van der Waals surface area contributed by atoms with Crippen molar-refractivity contribution in [3.8, 4) is 0 Å². The van der Waals surface area contributed by atoms with E-state index in [0.717, 1.165) is 44.3 Å². The first-order chi connectivity index (χ1) is 17.0. The minimum Gasteiger partial charge on any atom is -0.388 e. The highest BCUT2D eigenvalue weighted by Gasteiger charge is 2.44. The molecule has 2 fully saturated rings. The van der Waals surface area contributed by atoms with Gasteiger partial charge in [-0.05, 0) is 44.2 Å². The quantitative estimate of drug-likeness (QED) is 0.309. The maximum Gasteiger partial charge on any atom is 0.227 e. The molecule has 2 aliphatic rings. The van der Waals surface area contributed by atoms with Gasteiger partial charge >= 0.3 is 0 Å². The molecule has 0 amide bonds. The third kappa shape index (κ3) is 4.60. The summed E-state index contributed by atoms with van der Waals surface area (Å²) in [5, 5.41) is 36.8. The van der Waals surface area contributed by atoms with Crippen LogP contribution in [0.3, 0.4) is 0 Å². The largest absolute Gasteiger partial charge is 0.388 e. The monoisotopic (exact) mass is 483 g/mol. The molecule has 1 aliphatic heterocycles. The molecule has 35 heavy (non-hydrogen) atoms. The lowest BCUT2D eigenvalue weighted by molar-refractivity contribution is 0.00721. The van der Waals surface area contributed by atoms with E-state index < -0.39 is 12.2 Å². The number of aromatic nitrogens is 6. The number of aliphatic hydroxyl groups is 2. The molecule has 0 bridgehead atoms. The summed E-state index contributed by atoms with van der Waals surface area (Å²) < 4.78 is 3.67. The molecule has 11 heteroatoms. The van der Waals surface area contributed by atoms with Crippen molar-refractivity contribution in [3.63, 3.8) is 0 Å². The molecule has 5 rings (SSSR count). The molecule has 1 aliphatic carbocycles. The molecule has 3 aromatic rings. The van der Waals surface area contributed by atoms with Crippen molar-refractivity contribution in [2.24, 2.45) is 0 Å². The van der Waals surface area contributed by atoms with Crippen LogP contribution in [0.15, 0.2) is 18.7 Å². The van der Waals surface area contributed by atoms with Crippen LogP contribution in [0.5, 0.6) is 0 Å². The highest BCUT2D eigenvalue weighted by atomic mass is 16.3. The van der Waals surface area contributed by atoms with E-state index in [-0.39, 0.29) is 24.2 Å². The van der Waals surface area contributed by atoms with Crippen LogP contribution in [0.25, 0.3) is 11.2 Å². The second kappa shape index (κ2) is 10.1. The lowest BCUT2D eigenvalue weighted by Gasteiger charge is -2.20. The van der Waals surface area contributed by atoms with E-state index in [1.165, 1.54) is 0 Å². The number of imidazole rings is 1. The van der Waals surface area contributed by atoms with Gasteiger partial charge < -0.3 is 30.7 Å². The van der Waals surface area contributed by atoms with E-state index in [0.29, 0.717) is 29.4 Å². The van der Waals surface area contributed by atoms with Gasteiger partial charge in [-0.15, -0.1) is 0 Å². The van der Waals surface area contributed by atoms with Gasteiger partial charge in [-0.25, -0.2) is 4.98 Å². The zero-order valence-electron chi connectivity index (χ0n) is 20.7. The minimum absolute atomic E-state index is 0.265.